The molecule has 0 aliphatic heterocycles. The van der Waals surface area contributed by atoms with Crippen LogP contribution in [0.5, 0.6) is 0 Å². The molecular formula is C22H38IN5O3. The fourth-order valence-corrected chi connectivity index (χ4v) is 2.67. The quantitative estimate of drug-likeness (QED) is 0.251. The van der Waals surface area contributed by atoms with Crippen LogP contribution < -0.4 is 16.0 Å². The highest BCUT2D eigenvalue weighted by molar-refractivity contribution is 14.0. The Balaban J connectivity index is 0.00000900. The van der Waals surface area contributed by atoms with Gasteiger partial charge in [-0.15, -0.1) is 24.0 Å². The Morgan fingerprint density at radius 2 is 1.87 bits per heavy atom. The van der Waals surface area contributed by atoms with Gasteiger partial charge in [-0.25, -0.2) is 4.79 Å². The molecule has 9 heteroatoms. The first-order chi connectivity index (χ1) is 14.2. The summed E-state index contributed by atoms with van der Waals surface area (Å²) in [4.78, 5) is 30.2. The van der Waals surface area contributed by atoms with E-state index < -0.39 is 5.60 Å². The number of likely N-dealkylation sites (N-methyl/N-ethyl adjacent to an activating group) is 1. The van der Waals surface area contributed by atoms with E-state index in [4.69, 9.17) is 4.74 Å². The second-order valence-corrected chi connectivity index (χ2v) is 7.78. The largest absolute Gasteiger partial charge is 0.444 e. The summed E-state index contributed by atoms with van der Waals surface area (Å²) in [7, 11) is 1.62. The lowest BCUT2D eigenvalue weighted by atomic mass is 10.1. The van der Waals surface area contributed by atoms with Gasteiger partial charge in [-0.2, -0.15) is 0 Å². The van der Waals surface area contributed by atoms with Crippen molar-refractivity contribution in [2.24, 2.45) is 4.99 Å². The topological polar surface area (TPSA) is 95.1 Å². The maximum absolute atomic E-state index is 12.2. The minimum absolute atomic E-state index is 0. The summed E-state index contributed by atoms with van der Waals surface area (Å²) in [6.45, 7) is 12.5. The van der Waals surface area contributed by atoms with Gasteiger partial charge in [-0.05, 0) is 58.7 Å². The molecule has 0 fully saturated rings. The summed E-state index contributed by atoms with van der Waals surface area (Å²) >= 11 is 0. The summed E-state index contributed by atoms with van der Waals surface area (Å²) < 4.78 is 5.43. The minimum Gasteiger partial charge on any atom is -0.444 e. The first kappa shape index (κ1) is 29.0. The summed E-state index contributed by atoms with van der Waals surface area (Å²) in [5, 5.41) is 9.09. The Bertz CT molecular complexity index is 719. The van der Waals surface area contributed by atoms with Gasteiger partial charge in [-0.1, -0.05) is 12.1 Å². The van der Waals surface area contributed by atoms with Crippen molar-refractivity contribution in [1.29, 1.82) is 0 Å². The van der Waals surface area contributed by atoms with Gasteiger partial charge in [0.05, 0.1) is 0 Å². The van der Waals surface area contributed by atoms with E-state index in [-0.39, 0.29) is 36.0 Å². The van der Waals surface area contributed by atoms with Gasteiger partial charge in [0, 0.05) is 45.3 Å². The number of amides is 2. The van der Waals surface area contributed by atoms with Crippen molar-refractivity contribution in [3.05, 3.63) is 35.4 Å². The van der Waals surface area contributed by atoms with Gasteiger partial charge < -0.3 is 25.6 Å². The molecule has 3 N–H and O–H groups in total. The van der Waals surface area contributed by atoms with Crippen LogP contribution >= 0.6 is 24.0 Å². The van der Waals surface area contributed by atoms with Crippen molar-refractivity contribution in [3.8, 4) is 0 Å². The number of hydrogen-bond acceptors (Lipinski definition) is 4. The van der Waals surface area contributed by atoms with E-state index in [1.807, 2.05) is 52.8 Å². The Labute approximate surface area is 203 Å². The predicted molar refractivity (Wildman–Crippen MR) is 136 cm³/mol. The van der Waals surface area contributed by atoms with Crippen molar-refractivity contribution in [3.63, 3.8) is 0 Å². The fraction of sp³-hybridized carbons (Fsp3) is 0.591. The number of carbonyl (C=O) groups is 2. The van der Waals surface area contributed by atoms with E-state index in [0.29, 0.717) is 37.7 Å². The Morgan fingerprint density at radius 3 is 2.45 bits per heavy atom. The van der Waals surface area contributed by atoms with Gasteiger partial charge in [0.25, 0.3) is 5.91 Å². The molecule has 0 saturated heterocycles. The molecule has 0 aliphatic carbocycles. The molecule has 0 radical (unpaired) electrons. The van der Waals surface area contributed by atoms with Gasteiger partial charge in [-0.3, -0.25) is 9.79 Å². The zero-order valence-corrected chi connectivity index (χ0v) is 21.9. The lowest BCUT2D eigenvalue weighted by Gasteiger charge is -2.26. The van der Waals surface area contributed by atoms with Crippen LogP contribution in [0.15, 0.2) is 29.3 Å². The summed E-state index contributed by atoms with van der Waals surface area (Å²) in [5.41, 5.74) is 1.19. The van der Waals surface area contributed by atoms with E-state index in [9.17, 15) is 9.59 Å². The second kappa shape index (κ2) is 14.9. The van der Waals surface area contributed by atoms with Crippen LogP contribution in [0.1, 0.15) is 50.5 Å². The summed E-state index contributed by atoms with van der Waals surface area (Å²) in [6, 6.07) is 7.54. The molecule has 0 aromatic heterocycles. The Hall–Kier alpha value is -2.04. The van der Waals surface area contributed by atoms with E-state index >= 15 is 0 Å². The number of hydrogen-bond donors (Lipinski definition) is 3. The Kier molecular flexibility index (Phi) is 13.9. The number of benzene rings is 1. The number of halogens is 1. The highest BCUT2D eigenvalue weighted by Gasteiger charge is 2.20. The van der Waals surface area contributed by atoms with Crippen LogP contribution in [0.2, 0.25) is 0 Å². The number of ether oxygens (including phenoxy) is 1. The van der Waals surface area contributed by atoms with Crippen molar-refractivity contribution >= 4 is 41.9 Å². The molecule has 31 heavy (non-hydrogen) atoms. The molecule has 0 spiro atoms. The third-order valence-corrected chi connectivity index (χ3v) is 4.14. The number of rotatable bonds is 9. The molecule has 1 aromatic rings. The zero-order valence-electron chi connectivity index (χ0n) is 19.6. The van der Waals surface area contributed by atoms with E-state index in [1.165, 1.54) is 0 Å². The average molecular weight is 547 g/mol. The third kappa shape index (κ3) is 11.8. The second-order valence-electron chi connectivity index (χ2n) is 7.78. The van der Waals surface area contributed by atoms with Crippen LogP contribution in [0.3, 0.4) is 0 Å². The molecule has 8 nitrogen and oxygen atoms in total. The number of guanidine groups is 1. The lowest BCUT2D eigenvalue weighted by Crippen LogP contribution is -2.44. The normalized spacial score (nSPS) is 11.2. The number of carbonyl (C=O) groups excluding carboxylic acids is 2. The van der Waals surface area contributed by atoms with Crippen molar-refractivity contribution in [2.45, 2.75) is 46.6 Å². The van der Waals surface area contributed by atoms with Crippen LogP contribution in [0, 0.1) is 0 Å². The van der Waals surface area contributed by atoms with E-state index in [0.717, 1.165) is 18.5 Å². The molecule has 0 atom stereocenters. The van der Waals surface area contributed by atoms with Crippen LogP contribution in [0.4, 0.5) is 4.79 Å². The van der Waals surface area contributed by atoms with E-state index in [1.54, 1.807) is 18.0 Å². The Morgan fingerprint density at radius 1 is 1.16 bits per heavy atom. The maximum Gasteiger partial charge on any atom is 0.410 e. The lowest BCUT2D eigenvalue weighted by molar-refractivity contribution is 0.0263. The average Bonchev–Trinajstić information content (AvgIpc) is 2.69. The van der Waals surface area contributed by atoms with Crippen molar-refractivity contribution in [2.75, 3.05) is 39.8 Å². The third-order valence-electron chi connectivity index (χ3n) is 4.14. The van der Waals surface area contributed by atoms with Crippen LogP contribution in [0.25, 0.3) is 0 Å². The number of nitrogens with one attached hydrogen (secondary N) is 3. The van der Waals surface area contributed by atoms with Gasteiger partial charge in [0.15, 0.2) is 5.96 Å². The smallest absolute Gasteiger partial charge is 0.410 e. The number of aliphatic imine (C=N–C) groups is 1. The molecule has 0 bridgehead atoms. The SMILES string of the molecule is CCNC(=NCCc1cccc(C(=O)NC)c1)NCCN(CC)C(=O)OC(C)(C)C.I. The summed E-state index contributed by atoms with van der Waals surface area (Å²) in [6.07, 6.45) is 0.408. The maximum atomic E-state index is 12.2. The number of nitrogens with zero attached hydrogens (tertiary/aromatic N) is 2. The van der Waals surface area contributed by atoms with E-state index in [2.05, 4.69) is 20.9 Å². The first-order valence-electron chi connectivity index (χ1n) is 10.5. The van der Waals surface area contributed by atoms with Gasteiger partial charge in [0.1, 0.15) is 5.60 Å². The highest BCUT2D eigenvalue weighted by Crippen LogP contribution is 2.09. The standard InChI is InChI=1S/C22H37N5O3.HI/c1-7-24-20(26-14-15-27(8-2)21(29)30-22(3,4)5)25-13-12-17-10-9-11-18(16-17)19(28)23-6;/h9-11,16H,7-8,12-15H2,1-6H3,(H,23,28)(H2,24,25,26);1H. The molecule has 0 unspecified atom stereocenters. The zero-order chi connectivity index (χ0) is 22.6. The fourth-order valence-electron chi connectivity index (χ4n) is 2.67. The van der Waals surface area contributed by atoms with Crippen LogP contribution in [-0.2, 0) is 11.2 Å². The van der Waals surface area contributed by atoms with Gasteiger partial charge in [0.2, 0.25) is 0 Å². The molecule has 0 heterocycles. The van der Waals surface area contributed by atoms with Gasteiger partial charge >= 0.3 is 6.09 Å². The minimum atomic E-state index is -0.510. The van der Waals surface area contributed by atoms with Crippen molar-refractivity contribution < 1.29 is 14.3 Å². The monoisotopic (exact) mass is 547 g/mol. The van der Waals surface area contributed by atoms with Crippen molar-refractivity contribution in [1.82, 2.24) is 20.9 Å². The highest BCUT2D eigenvalue weighted by atomic mass is 127. The molecule has 1 rings (SSSR count). The molecule has 176 valence electrons. The molecular weight excluding hydrogens is 509 g/mol. The molecule has 2 amide bonds. The van der Waals surface area contributed by atoms with Crippen LogP contribution in [-0.4, -0.2) is 68.2 Å². The summed E-state index contributed by atoms with van der Waals surface area (Å²) in [5.74, 6) is 0.598. The predicted octanol–water partition coefficient (Wildman–Crippen LogP) is 3.02. The first-order valence-corrected chi connectivity index (χ1v) is 10.5. The molecule has 0 aliphatic rings. The molecule has 1 aromatic carbocycles. The molecule has 0 saturated carbocycles.